The fraction of sp³-hybridized carbons (Fsp3) is 0. The maximum Gasteiger partial charge on any atom is 0.584 e. The van der Waals surface area contributed by atoms with Crippen LogP contribution in [0.15, 0.2) is 12.1 Å². The molecule has 1 unspecified atom stereocenters. The van der Waals surface area contributed by atoms with Crippen molar-refractivity contribution in [3.63, 3.8) is 0 Å². The van der Waals surface area contributed by atoms with Crippen molar-refractivity contribution < 1.29 is 14.6 Å². The van der Waals surface area contributed by atoms with Crippen molar-refractivity contribution in [1.82, 2.24) is 0 Å². The number of hydrogen-bond acceptors (Lipinski definition) is 2. The van der Waals surface area contributed by atoms with Gasteiger partial charge in [0, 0.05) is 0 Å². The Morgan fingerprint density at radius 1 is 1.83 bits per heavy atom. The van der Waals surface area contributed by atoms with E-state index in [9.17, 15) is 4.57 Å². The topological polar surface area (TPSA) is 57.5 Å². The van der Waals surface area contributed by atoms with Crippen LogP contribution in [0.2, 0.25) is 0 Å². The summed E-state index contributed by atoms with van der Waals surface area (Å²) < 4.78 is 9.50. The van der Waals surface area contributed by atoms with Gasteiger partial charge in [-0.25, -0.2) is 0 Å². The first-order valence-electron chi connectivity index (χ1n) is 1.18. The monoisotopic (exact) mass is 107 g/mol. The summed E-state index contributed by atoms with van der Waals surface area (Å²) in [4.78, 5) is 7.79. The fourth-order valence-corrected chi connectivity index (χ4v) is 0. The maximum absolute atomic E-state index is 9.50. The Hall–Kier alpha value is -0.400. The van der Waals surface area contributed by atoms with Crippen LogP contribution in [-0.4, -0.2) is 10.00 Å². The second-order valence-corrected chi connectivity index (χ2v) is 1.75. The lowest BCUT2D eigenvalue weighted by molar-refractivity contribution is 0.419. The van der Waals surface area contributed by atoms with Gasteiger partial charge in [0.1, 0.15) is 0 Å². The van der Waals surface area contributed by atoms with Gasteiger partial charge in [0.15, 0.2) is 0 Å². The Morgan fingerprint density at radius 3 is 2.00 bits per heavy atom. The highest BCUT2D eigenvalue weighted by Gasteiger charge is 2.13. The van der Waals surface area contributed by atoms with Crippen molar-refractivity contribution in [2.75, 3.05) is 0 Å². The van der Waals surface area contributed by atoms with Gasteiger partial charge in [-0.05, 0) is 11.1 Å². The summed E-state index contributed by atoms with van der Waals surface area (Å²) in [6.45, 7) is 2.78. The average molecular weight is 107 g/mol. The Balaban J connectivity index is 3.57. The molecule has 3 nitrogen and oxygen atoms in total. The van der Waals surface area contributed by atoms with E-state index in [0.29, 0.717) is 0 Å². The molecule has 0 aliphatic rings. The van der Waals surface area contributed by atoms with E-state index in [1.54, 1.807) is 0 Å². The minimum Gasteiger partial charge on any atom is -0.472 e. The molecule has 0 saturated carbocycles. The van der Waals surface area contributed by atoms with Gasteiger partial charge < -0.3 is 5.11 Å². The molecule has 6 heavy (non-hydrogen) atoms. The van der Waals surface area contributed by atoms with Crippen LogP contribution in [-0.2, 0) is 4.57 Å². The first-order chi connectivity index (χ1) is 2.64. The van der Waals surface area contributed by atoms with E-state index in [2.05, 4.69) is 6.58 Å². The second kappa shape index (κ2) is 1.90. The van der Waals surface area contributed by atoms with E-state index in [4.69, 9.17) is 10.00 Å². The van der Waals surface area contributed by atoms with Gasteiger partial charge in [-0.3, -0.25) is 0 Å². The van der Waals surface area contributed by atoms with E-state index in [1.807, 2.05) is 0 Å². The molecule has 0 heterocycles. The quantitative estimate of drug-likeness (QED) is 0.384. The number of hydrogen-bond donors (Lipinski definition) is 2. The predicted octanol–water partition coefficient (Wildman–Crippen LogP) is 0.750. The summed E-state index contributed by atoms with van der Waals surface area (Å²) >= 11 is 0. The molecule has 0 bridgehead atoms. The Bertz CT molecular complexity index is 74.8. The van der Waals surface area contributed by atoms with Crippen molar-refractivity contribution in [3.8, 4) is 0 Å². The molecule has 0 saturated heterocycles. The van der Waals surface area contributed by atoms with Gasteiger partial charge in [-0.15, -0.1) is 0 Å². The zero-order chi connectivity index (χ0) is 5.15. The molecule has 0 aliphatic heterocycles. The van der Waals surface area contributed by atoms with Crippen LogP contribution in [0.25, 0.3) is 0 Å². The summed E-state index contributed by atoms with van der Waals surface area (Å²) in [7, 11) is -2.55. The van der Waals surface area contributed by atoms with Crippen molar-refractivity contribution in [2.45, 2.75) is 0 Å². The molecule has 0 aromatic carbocycles. The van der Waals surface area contributed by atoms with Crippen molar-refractivity contribution >= 4 is 8.03 Å². The molecular formula is C2H4O3P+. The predicted molar refractivity (Wildman–Crippen MR) is 21.6 cm³/mol. The standard InChI is InChI=1S/C2H3O3P/c1-2(3)6(4)5/h1H2,(H-,3,4,5)/p+1. The molecule has 34 valence electrons. The largest absolute Gasteiger partial charge is 0.584 e. The van der Waals surface area contributed by atoms with Crippen LogP contribution >= 0.6 is 8.03 Å². The van der Waals surface area contributed by atoms with Gasteiger partial charge in [-0.1, -0.05) is 0 Å². The average Bonchev–Trinajstić information content (AvgIpc) is 1.36. The van der Waals surface area contributed by atoms with Gasteiger partial charge in [0.05, 0.1) is 0 Å². The third-order valence-electron chi connectivity index (χ3n) is 0.221. The zero-order valence-corrected chi connectivity index (χ0v) is 3.85. The van der Waals surface area contributed by atoms with Crippen LogP contribution in [0, 0.1) is 0 Å². The minimum absolute atomic E-state index is 0.676. The summed E-state index contributed by atoms with van der Waals surface area (Å²) in [6.07, 6.45) is 0. The molecular weight excluding hydrogens is 103 g/mol. The summed E-state index contributed by atoms with van der Waals surface area (Å²) in [6, 6.07) is 0. The molecule has 0 aromatic rings. The lowest BCUT2D eigenvalue weighted by Gasteiger charge is -1.63. The number of aliphatic hydroxyl groups excluding tert-OH is 1. The molecule has 0 aliphatic carbocycles. The molecule has 0 fully saturated rings. The van der Waals surface area contributed by atoms with Gasteiger partial charge in [-0.2, -0.15) is 4.89 Å². The minimum atomic E-state index is -2.55. The summed E-state index contributed by atoms with van der Waals surface area (Å²) in [5, 5.41) is 7.90. The van der Waals surface area contributed by atoms with Crippen molar-refractivity contribution in [3.05, 3.63) is 12.1 Å². The summed E-state index contributed by atoms with van der Waals surface area (Å²) in [5.41, 5.74) is -0.676. The van der Waals surface area contributed by atoms with E-state index < -0.39 is 13.5 Å². The first kappa shape index (κ1) is 5.60. The molecule has 2 N–H and O–H groups in total. The van der Waals surface area contributed by atoms with E-state index in [0.717, 1.165) is 0 Å². The lowest BCUT2D eigenvalue weighted by Crippen LogP contribution is -1.61. The second-order valence-electron chi connectivity index (χ2n) is 0.689. The smallest absolute Gasteiger partial charge is 0.472 e. The number of rotatable bonds is 1. The first-order valence-corrected chi connectivity index (χ1v) is 2.40. The third-order valence-corrected chi connectivity index (χ3v) is 0.662. The molecule has 4 heteroatoms. The highest BCUT2D eigenvalue weighted by Crippen LogP contribution is 2.20. The van der Waals surface area contributed by atoms with Crippen molar-refractivity contribution in [2.24, 2.45) is 0 Å². The van der Waals surface area contributed by atoms with Crippen LogP contribution in [0.1, 0.15) is 0 Å². The Morgan fingerprint density at radius 2 is 2.00 bits per heavy atom. The Labute approximate surface area is 35.8 Å². The Kier molecular flexibility index (Phi) is 1.77. The summed E-state index contributed by atoms with van der Waals surface area (Å²) in [5.74, 6) is 0. The zero-order valence-electron chi connectivity index (χ0n) is 2.96. The molecule has 0 aromatic heterocycles. The van der Waals surface area contributed by atoms with Crippen LogP contribution in [0.5, 0.6) is 0 Å². The van der Waals surface area contributed by atoms with Crippen LogP contribution < -0.4 is 0 Å². The molecule has 1 atom stereocenters. The molecule has 0 spiro atoms. The maximum atomic E-state index is 9.50. The molecule has 0 radical (unpaired) electrons. The molecule has 0 amide bonds. The highest BCUT2D eigenvalue weighted by molar-refractivity contribution is 7.42. The highest BCUT2D eigenvalue weighted by atomic mass is 31.1. The third kappa shape index (κ3) is 1.88. The lowest BCUT2D eigenvalue weighted by atomic mass is 11.2. The fourth-order valence-electron chi connectivity index (χ4n) is 0. The SMILES string of the molecule is C=C(O)[P+](=O)O. The van der Waals surface area contributed by atoms with Crippen LogP contribution in [0.3, 0.4) is 0 Å². The van der Waals surface area contributed by atoms with Gasteiger partial charge in [0.25, 0.3) is 0 Å². The normalized spacial score (nSPS) is 10.5. The van der Waals surface area contributed by atoms with E-state index in [1.165, 1.54) is 0 Å². The van der Waals surface area contributed by atoms with E-state index in [-0.39, 0.29) is 0 Å². The number of aliphatic hydroxyl groups is 1. The van der Waals surface area contributed by atoms with Crippen molar-refractivity contribution in [1.29, 1.82) is 0 Å². The van der Waals surface area contributed by atoms with Gasteiger partial charge in [0.2, 0.25) is 0 Å². The van der Waals surface area contributed by atoms with Crippen LogP contribution in [0.4, 0.5) is 0 Å². The van der Waals surface area contributed by atoms with E-state index >= 15 is 0 Å². The van der Waals surface area contributed by atoms with Gasteiger partial charge >= 0.3 is 13.5 Å². The molecule has 0 rings (SSSR count).